The first-order valence-electron chi connectivity index (χ1n) is 8.73. The number of nitrogens with one attached hydrogen (secondary N) is 1. The Hall–Kier alpha value is -2.69. The van der Waals surface area contributed by atoms with Gasteiger partial charge in [-0.3, -0.25) is 14.6 Å². The van der Waals surface area contributed by atoms with E-state index in [1.54, 1.807) is 24.5 Å². The number of carbonyl (C=O) groups is 2. The molecule has 1 N–H and O–H groups in total. The van der Waals surface area contributed by atoms with Crippen LogP contribution in [-0.4, -0.2) is 41.3 Å². The highest BCUT2D eigenvalue weighted by molar-refractivity contribution is 5.94. The first-order chi connectivity index (χ1) is 12.2. The highest BCUT2D eigenvalue weighted by Gasteiger charge is 2.52. The molecule has 5 nitrogen and oxygen atoms in total. The van der Waals surface area contributed by atoms with E-state index >= 15 is 0 Å². The predicted octanol–water partition coefficient (Wildman–Crippen LogP) is 2.22. The summed E-state index contributed by atoms with van der Waals surface area (Å²) >= 11 is 0. The third-order valence-corrected chi connectivity index (χ3v) is 5.64. The summed E-state index contributed by atoms with van der Waals surface area (Å²) in [6, 6.07) is 13.8. The van der Waals surface area contributed by atoms with Crippen molar-refractivity contribution in [3.63, 3.8) is 0 Å². The zero-order valence-corrected chi connectivity index (χ0v) is 14.0. The number of nitrogens with zero attached hydrogens (tertiary/aromatic N) is 2. The second kappa shape index (κ2) is 6.31. The van der Waals surface area contributed by atoms with Gasteiger partial charge in [0.15, 0.2) is 0 Å². The minimum Gasteiger partial charge on any atom is -0.355 e. The molecule has 3 heterocycles. The molecule has 2 saturated heterocycles. The normalized spacial score (nSPS) is 22.0. The van der Waals surface area contributed by atoms with E-state index in [9.17, 15) is 9.59 Å². The summed E-state index contributed by atoms with van der Waals surface area (Å²) in [5, 5.41) is 3.05. The third-order valence-electron chi connectivity index (χ3n) is 5.64. The Morgan fingerprint density at radius 1 is 1.12 bits per heavy atom. The summed E-state index contributed by atoms with van der Waals surface area (Å²) in [5.41, 5.74) is 1.41. The van der Waals surface area contributed by atoms with Crippen LogP contribution in [0.1, 0.15) is 34.7 Å². The van der Waals surface area contributed by atoms with Gasteiger partial charge in [-0.15, -0.1) is 0 Å². The van der Waals surface area contributed by atoms with Gasteiger partial charge in [-0.25, -0.2) is 0 Å². The van der Waals surface area contributed by atoms with Crippen LogP contribution in [-0.2, 0) is 4.79 Å². The lowest BCUT2D eigenvalue weighted by Crippen LogP contribution is -2.47. The van der Waals surface area contributed by atoms with E-state index < -0.39 is 5.41 Å². The van der Waals surface area contributed by atoms with Crippen molar-refractivity contribution in [3.8, 4) is 0 Å². The second-order valence-corrected chi connectivity index (χ2v) is 6.86. The predicted molar refractivity (Wildman–Crippen MR) is 94.0 cm³/mol. The highest BCUT2D eigenvalue weighted by atomic mass is 16.2. The lowest BCUT2D eigenvalue weighted by molar-refractivity contribution is -0.130. The maximum atomic E-state index is 12.7. The molecular weight excluding hydrogens is 314 g/mol. The molecule has 2 amide bonds. The van der Waals surface area contributed by atoms with E-state index in [1.807, 2.05) is 23.1 Å². The molecule has 2 aliphatic heterocycles. The molecule has 0 aliphatic carbocycles. The van der Waals surface area contributed by atoms with Gasteiger partial charge in [0, 0.05) is 37.9 Å². The van der Waals surface area contributed by atoms with E-state index in [4.69, 9.17) is 0 Å². The van der Waals surface area contributed by atoms with Crippen LogP contribution in [0.2, 0.25) is 0 Å². The smallest absolute Gasteiger partial charge is 0.255 e. The van der Waals surface area contributed by atoms with Gasteiger partial charge in [0.05, 0.1) is 11.0 Å². The summed E-state index contributed by atoms with van der Waals surface area (Å²) in [7, 11) is 0. The number of benzene rings is 1. The molecule has 5 heteroatoms. The van der Waals surface area contributed by atoms with Crippen LogP contribution in [0.25, 0.3) is 0 Å². The van der Waals surface area contributed by atoms with Crippen molar-refractivity contribution >= 4 is 11.8 Å². The summed E-state index contributed by atoms with van der Waals surface area (Å²) in [5.74, 6) is 0.310. The number of piperidine rings is 1. The molecule has 1 spiro atoms. The molecule has 2 fully saturated rings. The topological polar surface area (TPSA) is 62.3 Å². The van der Waals surface area contributed by atoms with Crippen LogP contribution in [0.4, 0.5) is 0 Å². The van der Waals surface area contributed by atoms with Crippen LogP contribution in [0.15, 0.2) is 54.9 Å². The number of aromatic nitrogens is 1. The van der Waals surface area contributed by atoms with Crippen LogP contribution in [0.5, 0.6) is 0 Å². The Kier molecular flexibility index (Phi) is 3.99. The number of amides is 2. The average Bonchev–Trinajstić information content (AvgIpc) is 2.99. The molecule has 2 aromatic rings. The molecular formula is C20H21N3O2. The Morgan fingerprint density at radius 2 is 1.88 bits per heavy atom. The van der Waals surface area contributed by atoms with Gasteiger partial charge >= 0.3 is 0 Å². The largest absolute Gasteiger partial charge is 0.355 e. The molecule has 0 radical (unpaired) electrons. The van der Waals surface area contributed by atoms with Crippen molar-refractivity contribution in [2.24, 2.45) is 5.41 Å². The fraction of sp³-hybridized carbons (Fsp3) is 0.350. The molecule has 25 heavy (non-hydrogen) atoms. The van der Waals surface area contributed by atoms with Crippen molar-refractivity contribution in [2.45, 2.75) is 18.8 Å². The van der Waals surface area contributed by atoms with Gasteiger partial charge in [-0.2, -0.15) is 0 Å². The third kappa shape index (κ3) is 2.69. The molecule has 0 bridgehead atoms. The monoisotopic (exact) mass is 335 g/mol. The first-order valence-corrected chi connectivity index (χ1v) is 8.73. The molecule has 0 unspecified atom stereocenters. The Bertz CT molecular complexity index is 768. The van der Waals surface area contributed by atoms with Gasteiger partial charge in [0.1, 0.15) is 0 Å². The quantitative estimate of drug-likeness (QED) is 0.915. The van der Waals surface area contributed by atoms with Gasteiger partial charge < -0.3 is 10.2 Å². The number of hydrogen-bond donors (Lipinski definition) is 1. The Morgan fingerprint density at radius 3 is 2.56 bits per heavy atom. The lowest BCUT2D eigenvalue weighted by Gasteiger charge is -2.41. The van der Waals surface area contributed by atoms with Gasteiger partial charge in [0.2, 0.25) is 5.91 Å². The average molecular weight is 335 g/mol. The van der Waals surface area contributed by atoms with E-state index in [1.165, 1.54) is 5.56 Å². The number of likely N-dealkylation sites (tertiary alicyclic amines) is 1. The minimum atomic E-state index is -0.396. The second-order valence-electron chi connectivity index (χ2n) is 6.86. The molecule has 1 aromatic heterocycles. The molecule has 0 saturated carbocycles. The number of carbonyl (C=O) groups excluding carboxylic acids is 2. The summed E-state index contributed by atoms with van der Waals surface area (Å²) in [6.07, 6.45) is 4.66. The van der Waals surface area contributed by atoms with E-state index in [-0.39, 0.29) is 17.7 Å². The molecule has 1 aromatic carbocycles. The molecule has 128 valence electrons. The van der Waals surface area contributed by atoms with Crippen LogP contribution in [0, 0.1) is 5.41 Å². The van der Waals surface area contributed by atoms with Crippen molar-refractivity contribution in [1.29, 1.82) is 0 Å². The maximum Gasteiger partial charge on any atom is 0.255 e. The Balaban J connectivity index is 1.53. The van der Waals surface area contributed by atoms with Crippen molar-refractivity contribution in [3.05, 3.63) is 66.0 Å². The molecule has 4 rings (SSSR count). The van der Waals surface area contributed by atoms with Crippen LogP contribution >= 0.6 is 0 Å². The van der Waals surface area contributed by atoms with Crippen LogP contribution in [0.3, 0.4) is 0 Å². The fourth-order valence-electron chi connectivity index (χ4n) is 4.20. The summed E-state index contributed by atoms with van der Waals surface area (Å²) < 4.78 is 0. The molecule has 2 aliphatic rings. The van der Waals surface area contributed by atoms with Gasteiger partial charge in [-0.05, 0) is 30.5 Å². The minimum absolute atomic E-state index is 0.00221. The van der Waals surface area contributed by atoms with Crippen molar-refractivity contribution in [1.82, 2.24) is 15.2 Å². The zero-order valence-electron chi connectivity index (χ0n) is 14.0. The highest BCUT2D eigenvalue weighted by Crippen LogP contribution is 2.47. The number of hydrogen-bond acceptors (Lipinski definition) is 3. The number of rotatable bonds is 2. The SMILES string of the molecule is O=C(c1cccnc1)N1CCC2(CC1)C(=O)NC[C@@H]2c1ccccc1. The lowest BCUT2D eigenvalue weighted by atomic mass is 9.68. The van der Waals surface area contributed by atoms with Crippen molar-refractivity contribution in [2.75, 3.05) is 19.6 Å². The standard InChI is InChI=1S/C20H21N3O2/c24-18(16-7-4-10-21-13-16)23-11-8-20(9-12-23)17(14-22-19(20)25)15-5-2-1-3-6-15/h1-7,10,13,17H,8-9,11-12,14H2,(H,22,25)/t17-/m1/s1. The van der Waals surface area contributed by atoms with E-state index in [0.717, 1.165) is 0 Å². The summed E-state index contributed by atoms with van der Waals surface area (Å²) in [4.78, 5) is 31.1. The van der Waals surface area contributed by atoms with Crippen molar-refractivity contribution < 1.29 is 9.59 Å². The van der Waals surface area contributed by atoms with E-state index in [0.29, 0.717) is 38.0 Å². The zero-order chi connectivity index (χ0) is 17.3. The maximum absolute atomic E-state index is 12.7. The van der Waals surface area contributed by atoms with Gasteiger partial charge in [-0.1, -0.05) is 30.3 Å². The fourth-order valence-corrected chi connectivity index (χ4v) is 4.20. The molecule has 1 atom stereocenters. The van der Waals surface area contributed by atoms with E-state index in [2.05, 4.69) is 22.4 Å². The first kappa shape index (κ1) is 15.8. The van der Waals surface area contributed by atoms with Crippen LogP contribution < -0.4 is 5.32 Å². The Labute approximate surface area is 147 Å². The summed E-state index contributed by atoms with van der Waals surface area (Å²) in [6.45, 7) is 1.88. The van der Waals surface area contributed by atoms with Gasteiger partial charge in [0.25, 0.3) is 5.91 Å². The number of pyridine rings is 1.